The van der Waals surface area contributed by atoms with Gasteiger partial charge in [-0.1, -0.05) is 0 Å². The number of carbonyl (C=O) groups excluding carboxylic acids is 4. The van der Waals surface area contributed by atoms with Crippen molar-refractivity contribution in [2.45, 2.75) is 45.4 Å². The number of methoxy groups -OCH3 is 1. The molecule has 0 aliphatic carbocycles. The van der Waals surface area contributed by atoms with Gasteiger partial charge in [-0.3, -0.25) is 9.69 Å². The summed E-state index contributed by atoms with van der Waals surface area (Å²) >= 11 is 0. The SMILES string of the molecule is CNC(=O)C[n+]1cc2n(c1)C(=O)N(CCNC(=O)OC(C)(C)C)[C@H](C(=O)OC)C2. The minimum atomic E-state index is -0.830. The van der Waals surface area contributed by atoms with Crippen molar-refractivity contribution in [3.8, 4) is 0 Å². The largest absolute Gasteiger partial charge is 0.467 e. The molecule has 0 saturated carbocycles. The van der Waals surface area contributed by atoms with Gasteiger partial charge in [0.2, 0.25) is 0 Å². The van der Waals surface area contributed by atoms with Gasteiger partial charge in [0.1, 0.15) is 17.8 Å². The average Bonchev–Trinajstić information content (AvgIpc) is 3.03. The number of fused-ring (bicyclic) bond motifs is 1. The molecule has 1 atom stereocenters. The average molecular weight is 410 g/mol. The molecular formula is C18H28N5O6+. The van der Waals surface area contributed by atoms with Gasteiger partial charge < -0.3 is 20.1 Å². The van der Waals surface area contributed by atoms with Crippen molar-refractivity contribution in [1.29, 1.82) is 0 Å². The molecule has 0 bridgehead atoms. The molecule has 2 heterocycles. The lowest BCUT2D eigenvalue weighted by Crippen LogP contribution is -2.54. The number of nitrogens with one attached hydrogen (secondary N) is 2. The predicted octanol–water partition coefficient (Wildman–Crippen LogP) is -0.586. The Bertz CT molecular complexity index is 797. The molecule has 0 unspecified atom stereocenters. The molecule has 0 spiro atoms. The van der Waals surface area contributed by atoms with Crippen molar-refractivity contribution in [3.63, 3.8) is 0 Å². The second kappa shape index (κ2) is 8.93. The summed E-state index contributed by atoms with van der Waals surface area (Å²) in [7, 11) is 2.78. The van der Waals surface area contributed by atoms with E-state index < -0.39 is 29.7 Å². The maximum atomic E-state index is 12.9. The zero-order chi connectivity index (χ0) is 21.8. The maximum absolute atomic E-state index is 12.9. The van der Waals surface area contributed by atoms with Crippen LogP contribution in [0.3, 0.4) is 0 Å². The van der Waals surface area contributed by atoms with E-state index >= 15 is 0 Å². The molecule has 1 aromatic heterocycles. The highest BCUT2D eigenvalue weighted by Crippen LogP contribution is 2.18. The zero-order valence-electron chi connectivity index (χ0n) is 17.4. The number of aromatic nitrogens is 2. The number of likely N-dealkylation sites (N-methyl/N-ethyl adjacent to an activating group) is 1. The molecule has 160 valence electrons. The van der Waals surface area contributed by atoms with Crippen LogP contribution in [-0.2, 0) is 32.0 Å². The minimum absolute atomic E-state index is 0.0485. The highest BCUT2D eigenvalue weighted by molar-refractivity contribution is 5.87. The molecular weight excluding hydrogens is 382 g/mol. The van der Waals surface area contributed by atoms with Crippen LogP contribution in [-0.4, -0.2) is 72.4 Å². The van der Waals surface area contributed by atoms with Gasteiger partial charge in [-0.05, 0) is 20.8 Å². The van der Waals surface area contributed by atoms with Crippen molar-refractivity contribution in [3.05, 3.63) is 18.2 Å². The molecule has 11 nitrogen and oxygen atoms in total. The third-order valence-corrected chi connectivity index (χ3v) is 4.22. The topological polar surface area (TPSA) is 123 Å². The lowest BCUT2D eigenvalue weighted by Gasteiger charge is -2.31. The highest BCUT2D eigenvalue weighted by atomic mass is 16.6. The number of nitrogens with zero attached hydrogens (tertiary/aromatic N) is 3. The highest BCUT2D eigenvalue weighted by Gasteiger charge is 2.42. The standard InChI is InChI=1S/C18H27N5O6/c1-18(2,3)29-16(26)20-6-7-22-13(15(25)28-5)8-12-9-21(10-14(24)19-4)11-23(12)17(22)27/h9,11,13H,6-8,10H2,1-5H3,(H-,19,20,24,26)/p+1/t13-/m0/s1. The van der Waals surface area contributed by atoms with E-state index in [2.05, 4.69) is 10.6 Å². The van der Waals surface area contributed by atoms with E-state index in [0.29, 0.717) is 5.69 Å². The second-order valence-electron chi connectivity index (χ2n) is 7.60. The van der Waals surface area contributed by atoms with Crippen LogP contribution in [0.25, 0.3) is 0 Å². The Hall–Kier alpha value is -3.11. The number of amides is 3. The van der Waals surface area contributed by atoms with Crippen molar-refractivity contribution < 1.29 is 33.2 Å². The van der Waals surface area contributed by atoms with Gasteiger partial charge in [-0.2, -0.15) is 0 Å². The van der Waals surface area contributed by atoms with Gasteiger partial charge in [-0.25, -0.2) is 19.0 Å². The van der Waals surface area contributed by atoms with Crippen LogP contribution in [0.1, 0.15) is 26.5 Å². The van der Waals surface area contributed by atoms with Crippen LogP contribution in [0.2, 0.25) is 0 Å². The first-order valence-corrected chi connectivity index (χ1v) is 9.22. The maximum Gasteiger partial charge on any atom is 0.416 e. The number of alkyl carbamates (subject to hydrolysis) is 1. The third-order valence-electron chi connectivity index (χ3n) is 4.22. The van der Waals surface area contributed by atoms with E-state index in [-0.39, 0.29) is 32.0 Å². The van der Waals surface area contributed by atoms with Gasteiger partial charge in [0.15, 0.2) is 12.2 Å². The number of imidazole rings is 1. The Kier molecular flexibility index (Phi) is 6.83. The Morgan fingerprint density at radius 2 is 2.00 bits per heavy atom. The number of hydrogen-bond donors (Lipinski definition) is 2. The Balaban J connectivity index is 2.13. The third kappa shape index (κ3) is 5.69. The summed E-state index contributed by atoms with van der Waals surface area (Å²) in [6.45, 7) is 5.47. The molecule has 1 aliphatic heterocycles. The molecule has 0 saturated heterocycles. The number of ether oxygens (including phenoxy) is 2. The molecule has 2 N–H and O–H groups in total. The van der Waals surface area contributed by atoms with Crippen LogP contribution in [0.15, 0.2) is 12.5 Å². The summed E-state index contributed by atoms with van der Waals surface area (Å²) in [5.41, 5.74) is -0.0523. The lowest BCUT2D eigenvalue weighted by atomic mass is 10.1. The van der Waals surface area contributed by atoms with Gasteiger partial charge in [0.05, 0.1) is 7.11 Å². The summed E-state index contributed by atoms with van der Waals surface area (Å²) in [6, 6.07) is -1.27. The van der Waals surface area contributed by atoms with Crippen molar-refractivity contribution in [1.82, 2.24) is 20.1 Å². The summed E-state index contributed by atoms with van der Waals surface area (Å²) in [6.07, 6.45) is 2.78. The van der Waals surface area contributed by atoms with Crippen LogP contribution in [0, 0.1) is 0 Å². The summed E-state index contributed by atoms with van der Waals surface area (Å²) in [5.74, 6) is -0.769. The van der Waals surface area contributed by atoms with E-state index in [1.807, 2.05) is 0 Å². The molecule has 29 heavy (non-hydrogen) atoms. The fourth-order valence-corrected chi connectivity index (χ4v) is 2.93. The van der Waals surface area contributed by atoms with Gasteiger partial charge >= 0.3 is 18.1 Å². The zero-order valence-corrected chi connectivity index (χ0v) is 17.4. The number of carbonyl (C=O) groups is 4. The van der Waals surface area contributed by atoms with Crippen LogP contribution < -0.4 is 15.2 Å². The van der Waals surface area contributed by atoms with Crippen LogP contribution in [0.4, 0.5) is 9.59 Å². The fourth-order valence-electron chi connectivity index (χ4n) is 2.93. The monoisotopic (exact) mass is 410 g/mol. The van der Waals surface area contributed by atoms with Gasteiger partial charge in [0.25, 0.3) is 12.2 Å². The first-order chi connectivity index (χ1) is 13.6. The molecule has 1 aromatic rings. The first-order valence-electron chi connectivity index (χ1n) is 9.22. The first kappa shape index (κ1) is 22.2. The van der Waals surface area contributed by atoms with E-state index in [1.54, 1.807) is 31.5 Å². The van der Waals surface area contributed by atoms with E-state index in [9.17, 15) is 19.2 Å². The Labute approximate surface area is 168 Å². The molecule has 1 aliphatic rings. The lowest BCUT2D eigenvalue weighted by molar-refractivity contribution is -0.683. The molecule has 0 aromatic carbocycles. The summed E-state index contributed by atoms with van der Waals surface area (Å²) in [5, 5.41) is 5.09. The van der Waals surface area contributed by atoms with E-state index in [1.165, 1.54) is 30.0 Å². The van der Waals surface area contributed by atoms with Crippen molar-refractivity contribution >= 4 is 24.0 Å². The fraction of sp³-hybridized carbons (Fsp3) is 0.611. The molecule has 0 fully saturated rings. The smallest absolute Gasteiger partial charge is 0.416 e. The predicted molar refractivity (Wildman–Crippen MR) is 99.9 cm³/mol. The van der Waals surface area contributed by atoms with Crippen molar-refractivity contribution in [2.24, 2.45) is 0 Å². The minimum Gasteiger partial charge on any atom is -0.467 e. The van der Waals surface area contributed by atoms with E-state index in [4.69, 9.17) is 9.47 Å². The van der Waals surface area contributed by atoms with Crippen molar-refractivity contribution in [2.75, 3.05) is 27.2 Å². The molecule has 11 heteroatoms. The number of rotatable bonds is 6. The number of esters is 1. The van der Waals surface area contributed by atoms with Crippen LogP contribution >= 0.6 is 0 Å². The van der Waals surface area contributed by atoms with E-state index in [0.717, 1.165) is 0 Å². The Morgan fingerprint density at radius 3 is 2.59 bits per heavy atom. The van der Waals surface area contributed by atoms with Crippen LogP contribution in [0.5, 0.6) is 0 Å². The number of hydrogen-bond acceptors (Lipinski definition) is 6. The van der Waals surface area contributed by atoms with Gasteiger partial charge in [-0.15, -0.1) is 4.57 Å². The Morgan fingerprint density at radius 1 is 1.31 bits per heavy atom. The van der Waals surface area contributed by atoms with Gasteiger partial charge in [0, 0.05) is 26.6 Å². The molecule has 3 amide bonds. The second-order valence-corrected chi connectivity index (χ2v) is 7.60. The molecule has 0 radical (unpaired) electrons. The summed E-state index contributed by atoms with van der Waals surface area (Å²) < 4.78 is 13.0. The summed E-state index contributed by atoms with van der Waals surface area (Å²) in [4.78, 5) is 49.9. The quantitative estimate of drug-likeness (QED) is 0.478. The normalized spacial score (nSPS) is 16.1. The molecule has 2 rings (SSSR count).